The fourth-order valence-corrected chi connectivity index (χ4v) is 2.86. The summed E-state index contributed by atoms with van der Waals surface area (Å²) in [5.74, 6) is 0.961. The molecule has 1 heterocycles. The highest BCUT2D eigenvalue weighted by Gasteiger charge is 2.25. The molecule has 2 N–H and O–H groups in total. The maximum Gasteiger partial charge on any atom is 0.123 e. The molecule has 0 spiro atoms. The van der Waals surface area contributed by atoms with Crippen molar-refractivity contribution in [2.75, 3.05) is 46.9 Å². The molecular formula is C16H27N3O. The lowest BCUT2D eigenvalue weighted by molar-refractivity contribution is 0.113. The normalized spacial score (nSPS) is 19.1. The van der Waals surface area contributed by atoms with Crippen LogP contribution < -0.4 is 10.5 Å². The molecule has 1 aliphatic rings. The van der Waals surface area contributed by atoms with Gasteiger partial charge in [-0.25, -0.2) is 0 Å². The van der Waals surface area contributed by atoms with Gasteiger partial charge in [0.2, 0.25) is 0 Å². The van der Waals surface area contributed by atoms with Crippen LogP contribution in [0.15, 0.2) is 12.1 Å². The number of hydrogen-bond donors (Lipinski definition) is 1. The smallest absolute Gasteiger partial charge is 0.123 e. The van der Waals surface area contributed by atoms with Crippen molar-refractivity contribution in [3.05, 3.63) is 28.8 Å². The van der Waals surface area contributed by atoms with E-state index in [1.54, 1.807) is 7.11 Å². The van der Waals surface area contributed by atoms with Gasteiger partial charge in [0.15, 0.2) is 0 Å². The van der Waals surface area contributed by atoms with E-state index in [1.165, 1.54) is 16.7 Å². The first-order chi connectivity index (χ1) is 9.56. The number of benzene rings is 1. The molecule has 4 nitrogen and oxygen atoms in total. The Kier molecular flexibility index (Phi) is 5.02. The Bertz CT molecular complexity index is 453. The topological polar surface area (TPSA) is 41.7 Å². The molecule has 1 aromatic carbocycles. The maximum atomic E-state index is 6.07. The first kappa shape index (κ1) is 15.3. The van der Waals surface area contributed by atoms with Crippen LogP contribution in [0.2, 0.25) is 0 Å². The Balaban J connectivity index is 2.29. The average Bonchev–Trinajstić information content (AvgIpc) is 2.45. The molecule has 1 fully saturated rings. The van der Waals surface area contributed by atoms with Gasteiger partial charge in [0, 0.05) is 38.3 Å². The lowest BCUT2D eigenvalue weighted by atomic mass is 9.98. The van der Waals surface area contributed by atoms with Crippen molar-refractivity contribution in [2.45, 2.75) is 19.9 Å². The van der Waals surface area contributed by atoms with Crippen molar-refractivity contribution >= 4 is 0 Å². The van der Waals surface area contributed by atoms with Gasteiger partial charge in [0.05, 0.1) is 13.2 Å². The number of ether oxygens (including phenoxy) is 1. The number of piperazine rings is 1. The lowest BCUT2D eigenvalue weighted by Crippen LogP contribution is -2.47. The summed E-state index contributed by atoms with van der Waals surface area (Å²) in [6.45, 7) is 9.23. The van der Waals surface area contributed by atoms with Gasteiger partial charge in [-0.05, 0) is 38.1 Å². The van der Waals surface area contributed by atoms with Crippen LogP contribution in [0.25, 0.3) is 0 Å². The molecule has 0 radical (unpaired) electrons. The molecule has 0 saturated carbocycles. The standard InChI is InChI=1S/C16H27N3O/c1-12-9-14(16(20-4)10-13(12)2)15(11-17)19-7-5-18(3)6-8-19/h9-10,15H,5-8,11,17H2,1-4H3. The monoisotopic (exact) mass is 277 g/mol. The van der Waals surface area contributed by atoms with E-state index in [1.807, 2.05) is 0 Å². The molecule has 1 aromatic rings. The predicted octanol–water partition coefficient (Wildman–Crippen LogP) is 1.56. The van der Waals surface area contributed by atoms with Gasteiger partial charge < -0.3 is 15.4 Å². The molecule has 1 aliphatic heterocycles. The van der Waals surface area contributed by atoms with Gasteiger partial charge in [0.25, 0.3) is 0 Å². The molecule has 112 valence electrons. The number of aryl methyl sites for hydroxylation is 2. The molecule has 4 heteroatoms. The number of nitrogens with two attached hydrogens (primary N) is 1. The van der Waals surface area contributed by atoms with Gasteiger partial charge in [-0.1, -0.05) is 6.07 Å². The Morgan fingerprint density at radius 2 is 1.75 bits per heavy atom. The minimum atomic E-state index is 0.248. The third-order valence-corrected chi connectivity index (χ3v) is 4.41. The first-order valence-electron chi connectivity index (χ1n) is 7.34. The molecule has 0 aromatic heterocycles. The van der Waals surface area contributed by atoms with Crippen LogP contribution in [0.4, 0.5) is 0 Å². The van der Waals surface area contributed by atoms with Crippen molar-refractivity contribution in [3.8, 4) is 5.75 Å². The van der Waals surface area contributed by atoms with Crippen molar-refractivity contribution in [2.24, 2.45) is 5.73 Å². The molecular weight excluding hydrogens is 250 g/mol. The number of hydrogen-bond acceptors (Lipinski definition) is 4. The summed E-state index contributed by atoms with van der Waals surface area (Å²) in [7, 11) is 3.91. The molecule has 1 saturated heterocycles. The number of methoxy groups -OCH3 is 1. The zero-order valence-corrected chi connectivity index (χ0v) is 13.1. The van der Waals surface area contributed by atoms with Gasteiger partial charge in [-0.15, -0.1) is 0 Å². The van der Waals surface area contributed by atoms with Crippen LogP contribution >= 0.6 is 0 Å². The van der Waals surface area contributed by atoms with E-state index in [4.69, 9.17) is 10.5 Å². The van der Waals surface area contributed by atoms with E-state index in [2.05, 4.69) is 42.8 Å². The highest BCUT2D eigenvalue weighted by molar-refractivity contribution is 5.43. The quantitative estimate of drug-likeness (QED) is 0.907. The Morgan fingerprint density at radius 3 is 2.30 bits per heavy atom. The Hall–Kier alpha value is -1.10. The zero-order valence-electron chi connectivity index (χ0n) is 13.1. The van der Waals surface area contributed by atoms with E-state index >= 15 is 0 Å². The van der Waals surface area contributed by atoms with Gasteiger partial charge >= 0.3 is 0 Å². The third kappa shape index (κ3) is 3.14. The minimum Gasteiger partial charge on any atom is -0.496 e. The van der Waals surface area contributed by atoms with Crippen LogP contribution in [0.1, 0.15) is 22.7 Å². The highest BCUT2D eigenvalue weighted by atomic mass is 16.5. The summed E-state index contributed by atoms with van der Waals surface area (Å²) < 4.78 is 5.58. The number of rotatable bonds is 4. The molecule has 1 atom stereocenters. The zero-order chi connectivity index (χ0) is 14.7. The van der Waals surface area contributed by atoms with Crippen LogP contribution in [0.5, 0.6) is 5.75 Å². The highest BCUT2D eigenvalue weighted by Crippen LogP contribution is 2.32. The molecule has 1 unspecified atom stereocenters. The summed E-state index contributed by atoms with van der Waals surface area (Å²) in [4.78, 5) is 4.84. The van der Waals surface area contributed by atoms with Crippen LogP contribution in [0, 0.1) is 13.8 Å². The predicted molar refractivity (Wildman–Crippen MR) is 83.3 cm³/mol. The number of likely N-dealkylation sites (N-methyl/N-ethyl adjacent to an activating group) is 1. The van der Waals surface area contributed by atoms with E-state index in [0.717, 1.165) is 31.9 Å². The fraction of sp³-hybridized carbons (Fsp3) is 0.625. The molecule has 0 aliphatic carbocycles. The third-order valence-electron chi connectivity index (χ3n) is 4.41. The van der Waals surface area contributed by atoms with E-state index in [9.17, 15) is 0 Å². The Labute approximate surface area is 122 Å². The van der Waals surface area contributed by atoms with E-state index < -0.39 is 0 Å². The van der Waals surface area contributed by atoms with Gasteiger partial charge in [-0.3, -0.25) is 4.90 Å². The second-order valence-corrected chi connectivity index (χ2v) is 5.77. The van der Waals surface area contributed by atoms with Crippen LogP contribution in [-0.2, 0) is 0 Å². The van der Waals surface area contributed by atoms with Gasteiger partial charge in [0.1, 0.15) is 5.75 Å². The molecule has 0 amide bonds. The summed E-state index contributed by atoms with van der Waals surface area (Å²) >= 11 is 0. The second kappa shape index (κ2) is 6.57. The molecule has 2 rings (SSSR count). The molecule has 20 heavy (non-hydrogen) atoms. The van der Waals surface area contributed by atoms with Crippen molar-refractivity contribution in [1.82, 2.24) is 9.80 Å². The second-order valence-electron chi connectivity index (χ2n) is 5.77. The minimum absolute atomic E-state index is 0.248. The average molecular weight is 277 g/mol. The van der Waals surface area contributed by atoms with Crippen molar-refractivity contribution < 1.29 is 4.74 Å². The lowest BCUT2D eigenvalue weighted by Gasteiger charge is -2.38. The number of nitrogens with zero attached hydrogens (tertiary/aromatic N) is 2. The van der Waals surface area contributed by atoms with E-state index in [0.29, 0.717) is 6.54 Å². The summed E-state index contributed by atoms with van der Waals surface area (Å²) in [6, 6.07) is 4.62. The van der Waals surface area contributed by atoms with Crippen molar-refractivity contribution in [1.29, 1.82) is 0 Å². The molecule has 0 bridgehead atoms. The van der Waals surface area contributed by atoms with Crippen LogP contribution in [-0.4, -0.2) is 56.7 Å². The van der Waals surface area contributed by atoms with E-state index in [-0.39, 0.29) is 6.04 Å². The SMILES string of the molecule is COc1cc(C)c(C)cc1C(CN)N1CCN(C)CC1. The Morgan fingerprint density at radius 1 is 1.15 bits per heavy atom. The van der Waals surface area contributed by atoms with Crippen molar-refractivity contribution in [3.63, 3.8) is 0 Å². The maximum absolute atomic E-state index is 6.07. The largest absolute Gasteiger partial charge is 0.496 e. The van der Waals surface area contributed by atoms with Gasteiger partial charge in [-0.2, -0.15) is 0 Å². The first-order valence-corrected chi connectivity index (χ1v) is 7.34. The summed E-state index contributed by atoms with van der Waals surface area (Å²) in [5.41, 5.74) is 9.86. The summed E-state index contributed by atoms with van der Waals surface area (Å²) in [5, 5.41) is 0. The fourth-order valence-electron chi connectivity index (χ4n) is 2.86. The summed E-state index contributed by atoms with van der Waals surface area (Å²) in [6.07, 6.45) is 0. The van der Waals surface area contributed by atoms with Crippen LogP contribution in [0.3, 0.4) is 0 Å².